The molecule has 0 bridgehead atoms. The van der Waals surface area contributed by atoms with Gasteiger partial charge in [0.25, 0.3) is 0 Å². The number of nitrogens with one attached hydrogen (secondary N) is 1. The highest BCUT2D eigenvalue weighted by Crippen LogP contribution is 2.65. The number of para-hydroxylation sites is 1. The molecule has 122 valence electrons. The van der Waals surface area contributed by atoms with Gasteiger partial charge < -0.3 is 14.8 Å². The van der Waals surface area contributed by atoms with Gasteiger partial charge in [0.2, 0.25) is 5.91 Å². The molecule has 1 aromatic carbocycles. The highest BCUT2D eigenvalue weighted by Gasteiger charge is 2.70. The lowest BCUT2D eigenvalue weighted by Crippen LogP contribution is -2.44. The van der Waals surface area contributed by atoms with Crippen LogP contribution in [0.4, 0.5) is 0 Å². The monoisotopic (exact) mass is 315 g/mol. The number of methoxy groups -OCH3 is 1. The van der Waals surface area contributed by atoms with E-state index < -0.39 is 5.60 Å². The lowest BCUT2D eigenvalue weighted by Gasteiger charge is -2.37. The fraction of sp³-hybridized carbons (Fsp3) is 0.556. The van der Waals surface area contributed by atoms with E-state index in [0.717, 1.165) is 12.8 Å². The molecule has 23 heavy (non-hydrogen) atoms. The van der Waals surface area contributed by atoms with E-state index >= 15 is 0 Å². The fourth-order valence-electron chi connectivity index (χ4n) is 4.51. The van der Waals surface area contributed by atoms with Crippen LogP contribution in [0, 0.1) is 17.8 Å². The minimum Gasteiger partial charge on any atom is -0.486 e. The average Bonchev–Trinajstić information content (AvgIpc) is 3.20. The van der Waals surface area contributed by atoms with Crippen molar-refractivity contribution in [3.63, 3.8) is 0 Å². The molecular formula is C18H21NO4. The maximum Gasteiger partial charge on any atom is 0.223 e. The van der Waals surface area contributed by atoms with Crippen molar-refractivity contribution in [3.8, 4) is 5.75 Å². The van der Waals surface area contributed by atoms with Crippen molar-refractivity contribution in [1.29, 1.82) is 0 Å². The van der Waals surface area contributed by atoms with Crippen LogP contribution in [0.5, 0.6) is 5.75 Å². The minimum atomic E-state index is -0.473. The van der Waals surface area contributed by atoms with Crippen molar-refractivity contribution in [2.24, 2.45) is 17.8 Å². The van der Waals surface area contributed by atoms with Gasteiger partial charge in [0.1, 0.15) is 11.4 Å². The normalized spacial score (nSPS) is 33.8. The highest BCUT2D eigenvalue weighted by atomic mass is 16.5. The first-order valence-corrected chi connectivity index (χ1v) is 8.24. The van der Waals surface area contributed by atoms with Crippen molar-refractivity contribution in [2.45, 2.75) is 24.9 Å². The first-order valence-electron chi connectivity index (χ1n) is 8.24. The number of fused-ring (bicyclic) bond motifs is 3. The lowest BCUT2D eigenvalue weighted by molar-refractivity contribution is -0.124. The van der Waals surface area contributed by atoms with Crippen LogP contribution in [0.25, 0.3) is 0 Å². The van der Waals surface area contributed by atoms with Crippen molar-refractivity contribution in [3.05, 3.63) is 29.8 Å². The van der Waals surface area contributed by atoms with Crippen molar-refractivity contribution >= 4 is 11.7 Å². The topological polar surface area (TPSA) is 64.6 Å². The molecule has 1 amide bonds. The Morgan fingerprint density at radius 1 is 1.43 bits per heavy atom. The second-order valence-electron chi connectivity index (χ2n) is 6.80. The molecule has 4 rings (SSSR count). The van der Waals surface area contributed by atoms with Crippen LogP contribution >= 0.6 is 0 Å². The van der Waals surface area contributed by atoms with Crippen molar-refractivity contribution in [1.82, 2.24) is 5.32 Å². The number of hydrogen-bond donors (Lipinski definition) is 1. The Hall–Kier alpha value is -1.88. The van der Waals surface area contributed by atoms with E-state index in [4.69, 9.17) is 9.47 Å². The Morgan fingerprint density at radius 2 is 2.26 bits per heavy atom. The second-order valence-corrected chi connectivity index (χ2v) is 6.80. The molecular weight excluding hydrogens is 294 g/mol. The highest BCUT2D eigenvalue weighted by molar-refractivity contribution is 6.00. The Balaban J connectivity index is 1.51. The Morgan fingerprint density at radius 3 is 3.09 bits per heavy atom. The number of ketones is 1. The molecule has 2 saturated carbocycles. The van der Waals surface area contributed by atoms with Gasteiger partial charge in [-0.25, -0.2) is 0 Å². The third kappa shape index (κ3) is 2.26. The average molecular weight is 315 g/mol. The molecule has 2 fully saturated rings. The van der Waals surface area contributed by atoms with Crippen LogP contribution in [-0.4, -0.2) is 37.6 Å². The van der Waals surface area contributed by atoms with Gasteiger partial charge in [0.15, 0.2) is 5.78 Å². The maximum atomic E-state index is 12.5. The predicted molar refractivity (Wildman–Crippen MR) is 83.3 cm³/mol. The van der Waals surface area contributed by atoms with E-state index in [1.54, 1.807) is 7.11 Å². The summed E-state index contributed by atoms with van der Waals surface area (Å²) in [5.41, 5.74) is 0.197. The summed E-state index contributed by atoms with van der Waals surface area (Å²) in [6.07, 6.45) is 2.22. The van der Waals surface area contributed by atoms with E-state index in [1.165, 1.54) is 0 Å². The Kier molecular flexibility index (Phi) is 3.41. The zero-order valence-electron chi connectivity index (χ0n) is 13.2. The fourth-order valence-corrected chi connectivity index (χ4v) is 4.51. The van der Waals surface area contributed by atoms with Crippen molar-refractivity contribution in [2.75, 3.05) is 20.3 Å². The summed E-state index contributed by atoms with van der Waals surface area (Å²) in [7, 11) is 1.62. The SMILES string of the molecule is COCCNC(=O)[C@@H]1[C@H]2CC[C@@]3(CC(=O)c4ccccc4O3)[C@@H]21. The number of benzene rings is 1. The summed E-state index contributed by atoms with van der Waals surface area (Å²) in [6, 6.07) is 7.43. The number of carbonyl (C=O) groups excluding carboxylic acids is 2. The molecule has 5 nitrogen and oxygen atoms in total. The molecule has 4 atom stereocenters. The van der Waals surface area contributed by atoms with E-state index in [-0.39, 0.29) is 23.5 Å². The first kappa shape index (κ1) is 14.7. The molecule has 1 spiro atoms. The molecule has 1 aromatic rings. The van der Waals surface area contributed by atoms with Crippen LogP contribution in [0.1, 0.15) is 29.6 Å². The molecule has 5 heteroatoms. The summed E-state index contributed by atoms with van der Waals surface area (Å²) in [4.78, 5) is 24.8. The van der Waals surface area contributed by atoms with E-state index in [1.807, 2.05) is 24.3 Å². The number of ether oxygens (including phenoxy) is 2. The quantitative estimate of drug-likeness (QED) is 0.861. The molecule has 3 aliphatic rings. The van der Waals surface area contributed by atoms with Crippen molar-refractivity contribution < 1.29 is 19.1 Å². The van der Waals surface area contributed by atoms with Crippen LogP contribution in [0.2, 0.25) is 0 Å². The van der Waals surface area contributed by atoms with Gasteiger partial charge in [0.05, 0.1) is 18.6 Å². The smallest absolute Gasteiger partial charge is 0.223 e. The molecule has 0 radical (unpaired) electrons. The van der Waals surface area contributed by atoms with Crippen LogP contribution in [0.15, 0.2) is 24.3 Å². The van der Waals surface area contributed by atoms with Gasteiger partial charge in [0, 0.05) is 25.5 Å². The Labute approximate surface area is 135 Å². The number of amides is 1. The van der Waals surface area contributed by atoms with Gasteiger partial charge in [-0.15, -0.1) is 0 Å². The zero-order valence-corrected chi connectivity index (χ0v) is 13.2. The summed E-state index contributed by atoms with van der Waals surface area (Å²) in [5.74, 6) is 1.40. The third-order valence-electron chi connectivity index (χ3n) is 5.55. The number of Topliss-reactive ketones (excluding diaryl/α,β-unsaturated/α-hetero) is 1. The van der Waals surface area contributed by atoms with Gasteiger partial charge in [-0.3, -0.25) is 9.59 Å². The van der Waals surface area contributed by atoms with Gasteiger partial charge in [-0.1, -0.05) is 12.1 Å². The predicted octanol–water partition coefficient (Wildman–Crippen LogP) is 1.81. The van der Waals surface area contributed by atoms with Crippen LogP contribution in [0.3, 0.4) is 0 Å². The van der Waals surface area contributed by atoms with Gasteiger partial charge >= 0.3 is 0 Å². The number of hydrogen-bond acceptors (Lipinski definition) is 4. The minimum absolute atomic E-state index is 0.0151. The standard InChI is InChI=1S/C18H21NO4/c1-22-9-8-19-17(21)15-12-6-7-18(16(12)15)10-13(20)11-4-2-3-5-14(11)23-18/h2-5,12,15-16H,6-10H2,1H3,(H,19,21)/t12-,15-,16+,18-/m1/s1. The van der Waals surface area contributed by atoms with Crippen LogP contribution < -0.4 is 10.1 Å². The summed E-state index contributed by atoms with van der Waals surface area (Å²) in [6.45, 7) is 1.04. The molecule has 0 saturated heterocycles. The molecule has 0 aromatic heterocycles. The molecule has 2 aliphatic carbocycles. The summed E-state index contributed by atoms with van der Waals surface area (Å²) < 4.78 is 11.3. The van der Waals surface area contributed by atoms with Gasteiger partial charge in [-0.05, 0) is 30.9 Å². The first-order chi connectivity index (χ1) is 11.2. The third-order valence-corrected chi connectivity index (χ3v) is 5.55. The number of carbonyl (C=O) groups is 2. The van der Waals surface area contributed by atoms with E-state index in [0.29, 0.717) is 36.8 Å². The van der Waals surface area contributed by atoms with E-state index in [9.17, 15) is 9.59 Å². The number of rotatable bonds is 4. The maximum absolute atomic E-state index is 12.5. The molecule has 1 aliphatic heterocycles. The van der Waals surface area contributed by atoms with Crippen LogP contribution in [-0.2, 0) is 9.53 Å². The summed E-state index contributed by atoms with van der Waals surface area (Å²) >= 11 is 0. The largest absolute Gasteiger partial charge is 0.486 e. The van der Waals surface area contributed by atoms with Gasteiger partial charge in [-0.2, -0.15) is 0 Å². The second kappa shape index (κ2) is 5.34. The molecule has 0 unspecified atom stereocenters. The summed E-state index contributed by atoms with van der Waals surface area (Å²) in [5, 5.41) is 2.92. The zero-order chi connectivity index (χ0) is 16.0. The van der Waals surface area contributed by atoms with E-state index in [2.05, 4.69) is 5.32 Å². The lowest BCUT2D eigenvalue weighted by atomic mass is 9.84. The molecule has 1 N–H and O–H groups in total. The molecule has 1 heterocycles. The Bertz CT molecular complexity index is 658.